The second-order valence-corrected chi connectivity index (χ2v) is 10.8. The first kappa shape index (κ1) is 37.0. The number of nitrogens with one attached hydrogen (secondary N) is 5. The van der Waals surface area contributed by atoms with Gasteiger partial charge in [-0.15, -0.1) is 0 Å². The molecule has 0 heterocycles. The number of aliphatic carboxylic acids is 1. The van der Waals surface area contributed by atoms with E-state index in [0.717, 1.165) is 0 Å². The van der Waals surface area contributed by atoms with Crippen molar-refractivity contribution < 1.29 is 44.1 Å². The first-order valence-corrected chi connectivity index (χ1v) is 14.3. The number of thioether (sulfide) groups is 1. The van der Waals surface area contributed by atoms with E-state index < -0.39 is 91.4 Å². The van der Waals surface area contributed by atoms with E-state index in [9.17, 15) is 39.0 Å². The van der Waals surface area contributed by atoms with Crippen LogP contribution in [0.4, 0.5) is 0 Å². The summed E-state index contributed by atoms with van der Waals surface area (Å²) >= 11 is 1.41. The molecule has 0 aromatic rings. The lowest BCUT2D eigenvalue weighted by Gasteiger charge is -2.28. The van der Waals surface area contributed by atoms with Crippen molar-refractivity contribution >= 4 is 47.3 Å². The monoisotopic (exact) mass is 592 g/mol. The maximum Gasteiger partial charge on any atom is 0.328 e. The average Bonchev–Trinajstić information content (AvgIpc) is 2.89. The van der Waals surface area contributed by atoms with Crippen LogP contribution in [0.15, 0.2) is 0 Å². The number of rotatable bonds is 19. The van der Waals surface area contributed by atoms with Crippen LogP contribution >= 0.6 is 11.8 Å². The molecule has 0 aromatic heterocycles. The van der Waals surface area contributed by atoms with Crippen LogP contribution in [0, 0.1) is 11.8 Å². The molecule has 0 bridgehead atoms. The van der Waals surface area contributed by atoms with Crippen molar-refractivity contribution in [2.24, 2.45) is 17.6 Å². The Balaban J connectivity index is 5.75. The van der Waals surface area contributed by atoms with E-state index >= 15 is 0 Å². The van der Waals surface area contributed by atoms with Crippen LogP contribution in [0.1, 0.15) is 40.5 Å². The summed E-state index contributed by atoms with van der Waals surface area (Å²) in [6.07, 6.45) is 2.12. The highest BCUT2D eigenvalue weighted by Gasteiger charge is 2.33. The predicted octanol–water partition coefficient (Wildman–Crippen LogP) is -3.11. The number of carboxylic acid groups (broad SMARTS) is 1. The van der Waals surface area contributed by atoms with E-state index in [4.69, 9.17) is 10.8 Å². The summed E-state index contributed by atoms with van der Waals surface area (Å²) in [4.78, 5) is 74.6. The Morgan fingerprint density at radius 1 is 0.725 bits per heavy atom. The summed E-state index contributed by atoms with van der Waals surface area (Å²) in [7, 11) is 0. The molecule has 10 N–H and O–H groups in total. The van der Waals surface area contributed by atoms with Gasteiger partial charge in [0.05, 0.1) is 19.8 Å². The number of amides is 5. The van der Waals surface area contributed by atoms with Crippen LogP contribution in [-0.4, -0.2) is 113 Å². The molecule has 0 aliphatic carbocycles. The third-order valence-electron chi connectivity index (χ3n) is 5.65. The second kappa shape index (κ2) is 19.2. The van der Waals surface area contributed by atoms with E-state index in [2.05, 4.69) is 26.6 Å². The van der Waals surface area contributed by atoms with Crippen molar-refractivity contribution in [1.82, 2.24) is 26.6 Å². The van der Waals surface area contributed by atoms with Crippen molar-refractivity contribution in [3.8, 4) is 0 Å². The van der Waals surface area contributed by atoms with E-state index in [1.54, 1.807) is 34.0 Å². The number of hydrogen-bond acceptors (Lipinski definition) is 10. The molecule has 40 heavy (non-hydrogen) atoms. The predicted molar refractivity (Wildman–Crippen MR) is 148 cm³/mol. The first-order valence-electron chi connectivity index (χ1n) is 12.9. The fourth-order valence-corrected chi connectivity index (χ4v) is 3.91. The molecule has 0 aliphatic heterocycles. The first-order chi connectivity index (χ1) is 18.7. The molecule has 0 saturated carbocycles. The van der Waals surface area contributed by atoms with Gasteiger partial charge in [-0.1, -0.05) is 27.7 Å². The molecule has 0 saturated heterocycles. The molecule has 0 spiro atoms. The molecule has 0 fully saturated rings. The number of aliphatic hydroxyl groups excluding tert-OH is 2. The summed E-state index contributed by atoms with van der Waals surface area (Å²) in [5, 5.41) is 39.9. The smallest absolute Gasteiger partial charge is 0.328 e. The van der Waals surface area contributed by atoms with Crippen molar-refractivity contribution in [3.63, 3.8) is 0 Å². The minimum Gasteiger partial charge on any atom is -0.480 e. The van der Waals surface area contributed by atoms with Gasteiger partial charge in [0, 0.05) is 0 Å². The van der Waals surface area contributed by atoms with Crippen molar-refractivity contribution in [3.05, 3.63) is 0 Å². The van der Waals surface area contributed by atoms with Gasteiger partial charge < -0.3 is 47.6 Å². The maximum absolute atomic E-state index is 13.2. The third-order valence-corrected chi connectivity index (χ3v) is 6.29. The van der Waals surface area contributed by atoms with Gasteiger partial charge in [0.15, 0.2) is 0 Å². The van der Waals surface area contributed by atoms with Crippen LogP contribution in [0.5, 0.6) is 0 Å². The number of carbonyl (C=O) groups is 6. The average molecular weight is 593 g/mol. The third kappa shape index (κ3) is 13.4. The standard InChI is InChI=1S/C24H44N6O9S/c1-12(2)8-15(21(35)29-17(11-32)24(38)39)28-23(37)19(13(3)4)30-20(34)14(6-7-40-5)27-22(36)16(10-31)26-18(33)9-25/h12-17,19,31-32H,6-11,25H2,1-5H3,(H,26,33)(H,27,36)(H,28,37)(H,29,35)(H,30,34)(H,38,39). The van der Waals surface area contributed by atoms with Crippen molar-refractivity contribution in [1.29, 1.82) is 0 Å². The highest BCUT2D eigenvalue weighted by Crippen LogP contribution is 2.10. The zero-order chi connectivity index (χ0) is 31.0. The molecule has 5 atom stereocenters. The van der Waals surface area contributed by atoms with Gasteiger partial charge in [-0.05, 0) is 36.7 Å². The lowest BCUT2D eigenvalue weighted by molar-refractivity contribution is -0.143. The lowest BCUT2D eigenvalue weighted by Crippen LogP contribution is -2.60. The van der Waals surface area contributed by atoms with E-state index in [0.29, 0.717) is 5.75 Å². The molecule has 15 nitrogen and oxygen atoms in total. The Morgan fingerprint density at radius 3 is 1.68 bits per heavy atom. The van der Waals surface area contributed by atoms with Gasteiger partial charge in [0.2, 0.25) is 29.5 Å². The number of aliphatic hydroxyl groups is 2. The van der Waals surface area contributed by atoms with E-state index in [1.165, 1.54) is 11.8 Å². The summed E-state index contributed by atoms with van der Waals surface area (Å²) in [6, 6.07) is -6.30. The van der Waals surface area contributed by atoms with Crippen molar-refractivity contribution in [2.75, 3.05) is 31.8 Å². The summed E-state index contributed by atoms with van der Waals surface area (Å²) in [5.41, 5.74) is 5.23. The zero-order valence-corrected chi connectivity index (χ0v) is 24.4. The Kier molecular flexibility index (Phi) is 17.8. The van der Waals surface area contributed by atoms with Gasteiger partial charge in [0.25, 0.3) is 0 Å². The van der Waals surface area contributed by atoms with E-state index in [1.807, 2.05) is 0 Å². The fourth-order valence-electron chi connectivity index (χ4n) is 3.44. The molecule has 0 aliphatic rings. The SMILES string of the molecule is CSCCC(NC(=O)C(CO)NC(=O)CN)C(=O)NC(C(=O)NC(CC(C)C)C(=O)NC(CO)C(=O)O)C(C)C. The highest BCUT2D eigenvalue weighted by atomic mass is 32.2. The molecule has 5 unspecified atom stereocenters. The number of hydrogen-bond donors (Lipinski definition) is 9. The Hall–Kier alpha value is -2.95. The van der Waals surface area contributed by atoms with Crippen LogP contribution in [-0.2, 0) is 28.8 Å². The summed E-state index contributed by atoms with van der Waals surface area (Å²) in [6.45, 7) is 4.93. The molecule has 16 heteroatoms. The molecule has 0 aromatic carbocycles. The molecular weight excluding hydrogens is 548 g/mol. The van der Waals surface area contributed by atoms with Crippen LogP contribution in [0.25, 0.3) is 0 Å². The van der Waals surface area contributed by atoms with Crippen molar-refractivity contribution in [2.45, 2.75) is 70.7 Å². The summed E-state index contributed by atoms with van der Waals surface area (Å²) in [5.74, 6) is -5.23. The molecule has 0 rings (SSSR count). The van der Waals surface area contributed by atoms with Gasteiger partial charge in [-0.25, -0.2) is 4.79 Å². The largest absolute Gasteiger partial charge is 0.480 e. The zero-order valence-electron chi connectivity index (χ0n) is 23.6. The molecular formula is C24H44N6O9S. The number of carboxylic acids is 1. The lowest BCUT2D eigenvalue weighted by atomic mass is 9.99. The quantitative estimate of drug-likeness (QED) is 0.0726. The number of nitrogens with two attached hydrogens (primary N) is 1. The number of carbonyl (C=O) groups excluding carboxylic acids is 5. The van der Waals surface area contributed by atoms with Crippen LogP contribution < -0.4 is 32.3 Å². The van der Waals surface area contributed by atoms with Crippen LogP contribution in [0.2, 0.25) is 0 Å². The Labute approximate surface area is 238 Å². The van der Waals surface area contributed by atoms with Gasteiger partial charge in [-0.3, -0.25) is 24.0 Å². The van der Waals surface area contributed by atoms with Crippen LogP contribution in [0.3, 0.4) is 0 Å². The Bertz CT molecular complexity index is 874. The highest BCUT2D eigenvalue weighted by molar-refractivity contribution is 7.98. The topological polar surface area (TPSA) is 249 Å². The van der Waals surface area contributed by atoms with Gasteiger partial charge in [0.1, 0.15) is 30.2 Å². The molecule has 230 valence electrons. The summed E-state index contributed by atoms with van der Waals surface area (Å²) < 4.78 is 0. The molecule has 5 amide bonds. The molecule has 0 radical (unpaired) electrons. The normalized spacial score (nSPS) is 14.8. The minimum absolute atomic E-state index is 0.0779. The minimum atomic E-state index is -1.56. The fraction of sp³-hybridized carbons (Fsp3) is 0.750. The van der Waals surface area contributed by atoms with E-state index in [-0.39, 0.29) is 18.8 Å². The van der Waals surface area contributed by atoms with Gasteiger partial charge >= 0.3 is 5.97 Å². The Morgan fingerprint density at radius 2 is 1.23 bits per heavy atom. The van der Waals surface area contributed by atoms with Gasteiger partial charge in [-0.2, -0.15) is 11.8 Å². The second-order valence-electron chi connectivity index (χ2n) is 9.85. The maximum atomic E-state index is 13.2.